The predicted octanol–water partition coefficient (Wildman–Crippen LogP) is 5.44. The molecule has 0 unspecified atom stereocenters. The third-order valence-corrected chi connectivity index (χ3v) is 6.81. The summed E-state index contributed by atoms with van der Waals surface area (Å²) in [6.07, 6.45) is 0. The minimum absolute atomic E-state index is 0.0262. The van der Waals surface area contributed by atoms with E-state index >= 15 is 0 Å². The van der Waals surface area contributed by atoms with E-state index in [0.29, 0.717) is 0 Å². The second-order valence-electron chi connectivity index (χ2n) is 5.29. The van der Waals surface area contributed by atoms with E-state index in [9.17, 15) is 13.2 Å². The number of halogens is 4. The van der Waals surface area contributed by atoms with Crippen molar-refractivity contribution in [1.82, 2.24) is 0 Å². The summed E-state index contributed by atoms with van der Waals surface area (Å²) in [5, 5.41) is 0. The van der Waals surface area contributed by atoms with Crippen molar-refractivity contribution in [1.29, 1.82) is 0 Å². The van der Waals surface area contributed by atoms with Gasteiger partial charge < -0.3 is 4.55 Å². The minimum atomic E-state index is -6.09. The van der Waals surface area contributed by atoms with Gasteiger partial charge in [0, 0.05) is 3.57 Å². The van der Waals surface area contributed by atoms with Gasteiger partial charge in [0.05, 0.1) is 10.9 Å². The van der Waals surface area contributed by atoms with E-state index in [1.54, 1.807) is 0 Å². The zero-order chi connectivity index (χ0) is 20.8. The average Bonchev–Trinajstić information content (AvgIpc) is 2.64. The van der Waals surface area contributed by atoms with Crippen LogP contribution in [0.5, 0.6) is 0 Å². The maximum Gasteiger partial charge on any atom is 0.485 e. The molecule has 0 heterocycles. The molecule has 0 bridgehead atoms. The van der Waals surface area contributed by atoms with E-state index in [4.69, 9.17) is 13.0 Å². The van der Waals surface area contributed by atoms with Gasteiger partial charge in [0.25, 0.3) is 0 Å². The van der Waals surface area contributed by atoms with E-state index in [1.807, 2.05) is 0 Å². The maximum atomic E-state index is 10.7. The Hall–Kier alpha value is -1.56. The van der Waals surface area contributed by atoms with Crippen LogP contribution >= 0.6 is 22.6 Å². The van der Waals surface area contributed by atoms with Crippen LogP contribution in [-0.4, -0.2) is 18.5 Å². The van der Waals surface area contributed by atoms with Crippen LogP contribution in [0.2, 0.25) is 0 Å². The molecular weight excluding hydrogens is 524 g/mol. The van der Waals surface area contributed by atoms with Gasteiger partial charge in [0.1, 0.15) is 0 Å². The van der Waals surface area contributed by atoms with Crippen molar-refractivity contribution in [2.75, 3.05) is 0 Å². The topological polar surface area (TPSA) is 57.2 Å². The van der Waals surface area contributed by atoms with E-state index in [2.05, 4.69) is 108 Å². The molecule has 0 spiro atoms. The summed E-state index contributed by atoms with van der Waals surface area (Å²) in [4.78, 5) is 4.09. The second-order valence-corrected chi connectivity index (χ2v) is 9.93. The highest BCUT2D eigenvalue weighted by Gasteiger charge is 2.36. The number of hydrogen-bond acceptors (Lipinski definition) is 3. The number of hydrogen-bond donors (Lipinski definition) is 0. The van der Waals surface area contributed by atoms with Crippen molar-refractivity contribution in [3.8, 4) is 0 Å². The molecular formula is C19H14F3IO3S2. The van der Waals surface area contributed by atoms with Crippen LogP contribution in [0, 0.1) is 3.57 Å². The summed E-state index contributed by atoms with van der Waals surface area (Å²) < 4.78 is 60.2. The van der Waals surface area contributed by atoms with Gasteiger partial charge in [-0.2, -0.15) is 13.2 Å². The van der Waals surface area contributed by atoms with E-state index in [0.717, 1.165) is 0 Å². The summed E-state index contributed by atoms with van der Waals surface area (Å²) in [6.45, 7) is 0. The Morgan fingerprint density at radius 2 is 1.04 bits per heavy atom. The molecule has 0 aromatic heterocycles. The van der Waals surface area contributed by atoms with Crippen molar-refractivity contribution in [2.24, 2.45) is 0 Å². The van der Waals surface area contributed by atoms with E-state index in [1.165, 1.54) is 18.3 Å². The molecule has 3 rings (SSSR count). The van der Waals surface area contributed by atoms with Gasteiger partial charge in [-0.15, -0.1) is 0 Å². The summed E-state index contributed by atoms with van der Waals surface area (Å²) >= 11 is 2.35. The minimum Gasteiger partial charge on any atom is -0.741 e. The normalized spacial score (nSPS) is 11.6. The Morgan fingerprint density at radius 3 is 1.36 bits per heavy atom. The second kappa shape index (κ2) is 9.77. The molecule has 0 amide bonds. The van der Waals surface area contributed by atoms with Crippen LogP contribution in [0.25, 0.3) is 0 Å². The zero-order valence-electron chi connectivity index (χ0n) is 14.1. The lowest BCUT2D eigenvalue weighted by Crippen LogP contribution is -2.21. The largest absolute Gasteiger partial charge is 0.741 e. The Balaban J connectivity index is 0.000000300. The van der Waals surface area contributed by atoms with Gasteiger partial charge in [-0.1, -0.05) is 36.4 Å². The Labute approximate surface area is 177 Å². The number of benzene rings is 3. The summed E-state index contributed by atoms with van der Waals surface area (Å²) in [5.41, 5.74) is -5.65. The molecule has 28 heavy (non-hydrogen) atoms. The molecule has 9 heteroatoms. The molecule has 3 aromatic rings. The highest BCUT2D eigenvalue weighted by atomic mass is 127. The van der Waals surface area contributed by atoms with Gasteiger partial charge in [0.15, 0.2) is 24.8 Å². The Kier molecular flexibility index (Phi) is 7.93. The standard InChI is InChI=1S/C18H14IS.CHF3O3S/c19-15-11-13-18(14-12-15)20(16-7-3-1-4-8-16)17-9-5-2-6-10-17;2-1(3,4)8(5,6)7/h1-14H;(H,5,6,7)/q+1;/p-1. The first kappa shape index (κ1) is 22.7. The third-order valence-electron chi connectivity index (χ3n) is 3.29. The lowest BCUT2D eigenvalue weighted by molar-refractivity contribution is -0.0517. The first-order valence-corrected chi connectivity index (χ1v) is 11.4. The molecule has 0 aliphatic heterocycles. The first-order chi connectivity index (χ1) is 13.1. The quantitative estimate of drug-likeness (QED) is 0.193. The molecule has 3 nitrogen and oxygen atoms in total. The zero-order valence-corrected chi connectivity index (χ0v) is 17.9. The van der Waals surface area contributed by atoms with Gasteiger partial charge >= 0.3 is 5.51 Å². The lowest BCUT2D eigenvalue weighted by atomic mass is 10.4. The fourth-order valence-electron chi connectivity index (χ4n) is 2.09. The lowest BCUT2D eigenvalue weighted by Gasteiger charge is -2.08. The maximum absolute atomic E-state index is 10.7. The van der Waals surface area contributed by atoms with Gasteiger partial charge in [-0.25, -0.2) is 8.42 Å². The summed E-state index contributed by atoms with van der Waals surface area (Å²) in [5.74, 6) is 0. The van der Waals surface area contributed by atoms with E-state index < -0.39 is 15.6 Å². The third kappa shape index (κ3) is 6.50. The predicted molar refractivity (Wildman–Crippen MR) is 110 cm³/mol. The fourth-order valence-corrected chi connectivity index (χ4v) is 4.54. The van der Waals surface area contributed by atoms with Crippen molar-refractivity contribution in [2.45, 2.75) is 20.2 Å². The molecule has 0 N–H and O–H groups in total. The van der Waals surface area contributed by atoms with Gasteiger partial charge in [-0.05, 0) is 71.1 Å². The van der Waals surface area contributed by atoms with Crippen molar-refractivity contribution in [3.05, 3.63) is 88.5 Å². The first-order valence-electron chi connectivity index (χ1n) is 7.72. The number of rotatable bonds is 3. The van der Waals surface area contributed by atoms with Crippen LogP contribution < -0.4 is 0 Å². The summed E-state index contributed by atoms with van der Waals surface area (Å²) in [6, 6.07) is 30.3. The molecule has 148 valence electrons. The van der Waals surface area contributed by atoms with Crippen LogP contribution in [0.3, 0.4) is 0 Å². The molecule has 0 saturated heterocycles. The van der Waals surface area contributed by atoms with Crippen LogP contribution in [0.4, 0.5) is 13.2 Å². The van der Waals surface area contributed by atoms with Crippen LogP contribution in [0.15, 0.2) is 99.6 Å². The average molecular weight is 538 g/mol. The molecule has 0 atom stereocenters. The highest BCUT2D eigenvalue weighted by Crippen LogP contribution is 2.31. The van der Waals surface area contributed by atoms with Crippen LogP contribution in [-0.2, 0) is 21.0 Å². The molecule has 0 saturated carbocycles. The van der Waals surface area contributed by atoms with E-state index in [-0.39, 0.29) is 10.9 Å². The molecule has 0 fully saturated rings. The number of alkyl halides is 3. The highest BCUT2D eigenvalue weighted by molar-refractivity contribution is 14.1. The van der Waals surface area contributed by atoms with Crippen molar-refractivity contribution >= 4 is 43.6 Å². The molecule has 0 aliphatic carbocycles. The summed E-state index contributed by atoms with van der Waals surface area (Å²) in [7, 11) is -6.12. The Morgan fingerprint density at radius 1 is 0.714 bits per heavy atom. The van der Waals surface area contributed by atoms with Crippen molar-refractivity contribution < 1.29 is 26.1 Å². The molecule has 3 aromatic carbocycles. The smallest absolute Gasteiger partial charge is 0.485 e. The Bertz CT molecular complexity index is 939. The molecule has 0 radical (unpaired) electrons. The SMILES string of the molecule is Ic1ccc([S+](c2ccccc2)c2ccccc2)cc1.O=S(=O)([O-])C(F)(F)F. The molecule has 0 aliphatic rings. The van der Waals surface area contributed by atoms with Crippen molar-refractivity contribution in [3.63, 3.8) is 0 Å². The van der Waals surface area contributed by atoms with Gasteiger partial charge in [-0.3, -0.25) is 0 Å². The monoisotopic (exact) mass is 538 g/mol. The van der Waals surface area contributed by atoms with Gasteiger partial charge in [0.2, 0.25) is 0 Å². The van der Waals surface area contributed by atoms with Crippen LogP contribution in [0.1, 0.15) is 0 Å². The fraction of sp³-hybridized carbons (Fsp3) is 0.0526.